The fraction of sp³-hybridized carbons (Fsp3) is 0.375. The number of aliphatic hydroxyl groups excluding tert-OH is 2. The number of nitrogens with one attached hydrogen (secondary N) is 2. The molecule has 8 nitrogen and oxygen atoms in total. The van der Waals surface area contributed by atoms with Crippen molar-refractivity contribution in [1.82, 2.24) is 14.9 Å². The predicted molar refractivity (Wildman–Crippen MR) is 88.2 cm³/mol. The Morgan fingerprint density at radius 2 is 1.92 bits per heavy atom. The minimum Gasteiger partial charge on any atom is -0.394 e. The van der Waals surface area contributed by atoms with Crippen LogP contribution in [0, 0.1) is 6.92 Å². The number of aromatic nitrogens is 2. The number of aliphatic hydroxyl groups is 2. The van der Waals surface area contributed by atoms with Crippen LogP contribution < -0.4 is 16.6 Å². The number of rotatable bonds is 2. The fourth-order valence-corrected chi connectivity index (χ4v) is 2.26. The Labute approximate surface area is 138 Å². The van der Waals surface area contributed by atoms with Crippen molar-refractivity contribution in [3.05, 3.63) is 69.3 Å². The SMILES string of the molecule is C1=CC=CNC=C1.Cc1cn([C@H]2C[C@H](O)[C@@H](CO)O2)c(=O)[nH]c1=O. The molecule has 0 amide bonds. The first-order valence-corrected chi connectivity index (χ1v) is 7.53. The monoisotopic (exact) mass is 335 g/mol. The normalized spacial score (nSPS) is 24.9. The van der Waals surface area contributed by atoms with E-state index in [-0.39, 0.29) is 13.0 Å². The quantitative estimate of drug-likeness (QED) is 0.587. The van der Waals surface area contributed by atoms with Gasteiger partial charge in [-0.05, 0) is 19.1 Å². The molecular weight excluding hydrogens is 314 g/mol. The molecule has 0 unspecified atom stereocenters. The van der Waals surface area contributed by atoms with Crippen LogP contribution in [0.5, 0.6) is 0 Å². The molecule has 0 bridgehead atoms. The molecule has 0 spiro atoms. The molecule has 0 aromatic carbocycles. The Morgan fingerprint density at radius 3 is 2.50 bits per heavy atom. The van der Waals surface area contributed by atoms with Gasteiger partial charge >= 0.3 is 5.69 Å². The average Bonchev–Trinajstić information content (AvgIpc) is 2.77. The van der Waals surface area contributed by atoms with E-state index in [1.165, 1.54) is 10.8 Å². The van der Waals surface area contributed by atoms with Gasteiger partial charge in [-0.3, -0.25) is 14.3 Å². The van der Waals surface area contributed by atoms with Crippen LogP contribution in [0.15, 0.2) is 52.5 Å². The van der Waals surface area contributed by atoms with Gasteiger partial charge in [0.2, 0.25) is 0 Å². The van der Waals surface area contributed by atoms with Crippen LogP contribution in [0.25, 0.3) is 0 Å². The standard InChI is InChI=1S/C10H14N2O5.C6H7N/c1-5-3-12(10(16)11-9(5)15)8-2-6(14)7(4-13)17-8;1-2-4-6-7-5-3-1/h3,6-8,13-14H,2,4H2,1H3,(H,11,15,16);1-7H/t6-,7+,8+;/m0./s1. The van der Waals surface area contributed by atoms with Gasteiger partial charge in [0.05, 0.1) is 12.7 Å². The Balaban J connectivity index is 0.000000249. The Bertz CT molecular complexity index is 733. The molecule has 2 aliphatic rings. The van der Waals surface area contributed by atoms with Crippen molar-refractivity contribution in [2.24, 2.45) is 0 Å². The number of aromatic amines is 1. The smallest absolute Gasteiger partial charge is 0.330 e. The molecular formula is C16H21N3O5. The van der Waals surface area contributed by atoms with Crippen molar-refractivity contribution in [2.75, 3.05) is 6.61 Å². The largest absolute Gasteiger partial charge is 0.394 e. The van der Waals surface area contributed by atoms with E-state index < -0.39 is 29.7 Å². The van der Waals surface area contributed by atoms with Gasteiger partial charge in [-0.15, -0.1) is 0 Å². The second-order valence-corrected chi connectivity index (χ2v) is 5.36. The zero-order valence-electron chi connectivity index (χ0n) is 13.3. The number of H-pyrrole nitrogens is 1. The van der Waals surface area contributed by atoms with Gasteiger partial charge in [0.25, 0.3) is 5.56 Å². The van der Waals surface area contributed by atoms with E-state index in [1.807, 2.05) is 36.7 Å². The molecule has 24 heavy (non-hydrogen) atoms. The summed E-state index contributed by atoms with van der Waals surface area (Å²) >= 11 is 0. The Kier molecular flexibility index (Phi) is 6.30. The number of hydrogen-bond acceptors (Lipinski definition) is 6. The van der Waals surface area contributed by atoms with Gasteiger partial charge in [-0.2, -0.15) is 0 Å². The summed E-state index contributed by atoms with van der Waals surface area (Å²) in [6.45, 7) is 1.26. The van der Waals surface area contributed by atoms with Gasteiger partial charge in [-0.25, -0.2) is 4.79 Å². The van der Waals surface area contributed by atoms with Crippen molar-refractivity contribution >= 4 is 0 Å². The van der Waals surface area contributed by atoms with Crippen LogP contribution in [0.2, 0.25) is 0 Å². The molecule has 8 heteroatoms. The van der Waals surface area contributed by atoms with Crippen LogP contribution in [0.4, 0.5) is 0 Å². The van der Waals surface area contributed by atoms with E-state index in [4.69, 9.17) is 9.84 Å². The third kappa shape index (κ3) is 4.54. The maximum atomic E-state index is 11.6. The molecule has 2 aliphatic heterocycles. The lowest BCUT2D eigenvalue weighted by Gasteiger charge is -2.14. The van der Waals surface area contributed by atoms with E-state index in [2.05, 4.69) is 10.3 Å². The third-order valence-corrected chi connectivity index (χ3v) is 3.56. The minimum atomic E-state index is -0.816. The lowest BCUT2D eigenvalue weighted by Crippen LogP contribution is -2.33. The minimum absolute atomic E-state index is 0.205. The second kappa shape index (κ2) is 8.44. The predicted octanol–water partition coefficient (Wildman–Crippen LogP) is -0.341. The molecule has 1 aromatic rings. The maximum Gasteiger partial charge on any atom is 0.330 e. The van der Waals surface area contributed by atoms with E-state index in [0.29, 0.717) is 5.56 Å². The highest BCUT2D eigenvalue weighted by molar-refractivity contribution is 5.14. The van der Waals surface area contributed by atoms with Crippen molar-refractivity contribution < 1.29 is 14.9 Å². The molecule has 4 N–H and O–H groups in total. The summed E-state index contributed by atoms with van der Waals surface area (Å²) in [6.07, 6.45) is 11.0. The first kappa shape index (κ1) is 17.9. The van der Waals surface area contributed by atoms with Crippen LogP contribution >= 0.6 is 0 Å². The second-order valence-electron chi connectivity index (χ2n) is 5.36. The van der Waals surface area contributed by atoms with Crippen LogP contribution in [0.1, 0.15) is 18.2 Å². The van der Waals surface area contributed by atoms with E-state index in [0.717, 1.165) is 0 Å². The summed E-state index contributed by atoms with van der Waals surface area (Å²) in [5.41, 5.74) is -0.643. The molecule has 0 aliphatic carbocycles. The molecule has 0 saturated carbocycles. The van der Waals surface area contributed by atoms with Crippen molar-refractivity contribution in [3.8, 4) is 0 Å². The number of allylic oxidation sites excluding steroid dienone is 4. The molecule has 0 radical (unpaired) electrons. The molecule has 3 atom stereocenters. The summed E-state index contributed by atoms with van der Waals surface area (Å²) in [5, 5.41) is 21.4. The topological polar surface area (TPSA) is 117 Å². The fourth-order valence-electron chi connectivity index (χ4n) is 2.26. The summed E-state index contributed by atoms with van der Waals surface area (Å²) < 4.78 is 6.54. The molecule has 1 saturated heterocycles. The van der Waals surface area contributed by atoms with E-state index >= 15 is 0 Å². The molecule has 130 valence electrons. The molecule has 1 aromatic heterocycles. The van der Waals surface area contributed by atoms with Crippen molar-refractivity contribution in [2.45, 2.75) is 31.8 Å². The number of ether oxygens (including phenoxy) is 1. The molecule has 1 fully saturated rings. The van der Waals surface area contributed by atoms with Crippen molar-refractivity contribution in [3.63, 3.8) is 0 Å². The van der Waals surface area contributed by atoms with Crippen LogP contribution in [-0.2, 0) is 4.74 Å². The first-order chi connectivity index (χ1) is 11.5. The van der Waals surface area contributed by atoms with Gasteiger partial charge in [0, 0.05) is 30.6 Å². The van der Waals surface area contributed by atoms with E-state index in [9.17, 15) is 14.7 Å². The van der Waals surface area contributed by atoms with Gasteiger partial charge in [0.1, 0.15) is 12.3 Å². The lowest BCUT2D eigenvalue weighted by molar-refractivity contribution is -0.0459. The molecule has 3 rings (SSSR count). The summed E-state index contributed by atoms with van der Waals surface area (Å²) in [5.74, 6) is 0. The Hall–Kier alpha value is -2.42. The highest BCUT2D eigenvalue weighted by Gasteiger charge is 2.34. The van der Waals surface area contributed by atoms with E-state index in [1.54, 1.807) is 6.92 Å². The summed E-state index contributed by atoms with van der Waals surface area (Å²) in [4.78, 5) is 24.9. The lowest BCUT2D eigenvalue weighted by atomic mass is 10.2. The maximum absolute atomic E-state index is 11.6. The summed E-state index contributed by atoms with van der Waals surface area (Å²) in [6, 6.07) is 0. The number of aryl methyl sites for hydroxylation is 1. The highest BCUT2D eigenvalue weighted by Crippen LogP contribution is 2.27. The summed E-state index contributed by atoms with van der Waals surface area (Å²) in [7, 11) is 0. The van der Waals surface area contributed by atoms with Crippen molar-refractivity contribution in [1.29, 1.82) is 0 Å². The highest BCUT2D eigenvalue weighted by atomic mass is 16.5. The zero-order chi connectivity index (χ0) is 17.5. The van der Waals surface area contributed by atoms with Crippen LogP contribution in [0.3, 0.4) is 0 Å². The van der Waals surface area contributed by atoms with Gasteiger partial charge in [0.15, 0.2) is 0 Å². The Morgan fingerprint density at radius 1 is 1.25 bits per heavy atom. The number of nitrogens with zero attached hydrogens (tertiary/aromatic N) is 1. The number of hydrogen-bond donors (Lipinski definition) is 4. The average molecular weight is 335 g/mol. The molecule has 3 heterocycles. The zero-order valence-corrected chi connectivity index (χ0v) is 13.3. The first-order valence-electron chi connectivity index (χ1n) is 7.53. The van der Waals surface area contributed by atoms with Crippen LogP contribution in [-0.4, -0.2) is 38.6 Å². The van der Waals surface area contributed by atoms with Gasteiger partial charge in [-0.1, -0.05) is 12.2 Å². The third-order valence-electron chi connectivity index (χ3n) is 3.56. The van der Waals surface area contributed by atoms with Gasteiger partial charge < -0.3 is 20.3 Å².